The summed E-state index contributed by atoms with van der Waals surface area (Å²) in [6, 6.07) is 10.1. The first kappa shape index (κ1) is 19.7. The van der Waals surface area contributed by atoms with Gasteiger partial charge in [0.1, 0.15) is 17.9 Å². The minimum atomic E-state index is 0. The van der Waals surface area contributed by atoms with E-state index >= 15 is 0 Å². The van der Waals surface area contributed by atoms with Gasteiger partial charge < -0.3 is 15.1 Å². The summed E-state index contributed by atoms with van der Waals surface area (Å²) in [6.45, 7) is 6.22. The highest BCUT2D eigenvalue weighted by Crippen LogP contribution is 2.19. The second-order valence-electron chi connectivity index (χ2n) is 5.48. The van der Waals surface area contributed by atoms with Gasteiger partial charge in [0.2, 0.25) is 0 Å². The minimum absolute atomic E-state index is 0. The van der Waals surface area contributed by atoms with Crippen LogP contribution in [-0.2, 0) is 13.0 Å². The number of aromatic nitrogens is 1. The van der Waals surface area contributed by atoms with Gasteiger partial charge in [-0.2, -0.15) is 0 Å². The van der Waals surface area contributed by atoms with Gasteiger partial charge in [-0.15, -0.1) is 35.3 Å². The number of guanidine groups is 1. The molecule has 0 radical (unpaired) electrons. The number of fused-ring (bicyclic) bond motifs is 1. The van der Waals surface area contributed by atoms with Gasteiger partial charge >= 0.3 is 0 Å². The third kappa shape index (κ3) is 5.71. The van der Waals surface area contributed by atoms with Gasteiger partial charge in [-0.1, -0.05) is 18.2 Å². The number of aliphatic imine (C=N–C) groups is 1. The van der Waals surface area contributed by atoms with Crippen molar-refractivity contribution in [2.75, 3.05) is 13.1 Å². The molecule has 1 aromatic carbocycles. The van der Waals surface area contributed by atoms with Crippen LogP contribution in [0.25, 0.3) is 11.0 Å². The van der Waals surface area contributed by atoms with Crippen molar-refractivity contribution in [1.82, 2.24) is 15.6 Å². The molecule has 0 bridgehead atoms. The van der Waals surface area contributed by atoms with Crippen molar-refractivity contribution in [3.63, 3.8) is 0 Å². The topological polar surface area (TPSA) is 62.5 Å². The van der Waals surface area contributed by atoms with Crippen LogP contribution in [0, 0.1) is 6.92 Å². The molecule has 25 heavy (non-hydrogen) atoms. The van der Waals surface area contributed by atoms with Crippen LogP contribution in [0.3, 0.4) is 0 Å². The molecule has 5 nitrogen and oxygen atoms in total. The number of para-hydroxylation sites is 1. The molecule has 0 saturated carbocycles. The smallest absolute Gasteiger partial charge is 0.191 e. The number of thiazole rings is 1. The quantitative estimate of drug-likeness (QED) is 0.324. The Bertz CT molecular complexity index is 794. The third-order valence-electron chi connectivity index (χ3n) is 3.55. The van der Waals surface area contributed by atoms with E-state index in [2.05, 4.69) is 32.9 Å². The van der Waals surface area contributed by atoms with Crippen LogP contribution < -0.4 is 10.6 Å². The summed E-state index contributed by atoms with van der Waals surface area (Å²) in [6.07, 6.45) is 0.888. The normalized spacial score (nSPS) is 11.4. The van der Waals surface area contributed by atoms with E-state index in [0.717, 1.165) is 52.9 Å². The predicted molar refractivity (Wildman–Crippen MR) is 115 cm³/mol. The SMILES string of the molecule is CCNC(=NCc1cc2ccccc2o1)NCCc1csc(C)n1.I. The molecule has 3 rings (SSSR count). The van der Waals surface area contributed by atoms with Crippen LogP contribution >= 0.6 is 35.3 Å². The molecule has 2 N–H and O–H groups in total. The van der Waals surface area contributed by atoms with E-state index in [1.165, 1.54) is 0 Å². The van der Waals surface area contributed by atoms with Crippen LogP contribution in [-0.4, -0.2) is 24.0 Å². The molecule has 7 heteroatoms. The summed E-state index contributed by atoms with van der Waals surface area (Å²) in [4.78, 5) is 9.07. The molecule has 0 unspecified atom stereocenters. The molecule has 0 amide bonds. The fourth-order valence-electron chi connectivity index (χ4n) is 2.45. The first-order valence-corrected chi connectivity index (χ1v) is 9.03. The van der Waals surface area contributed by atoms with Gasteiger partial charge in [0.25, 0.3) is 0 Å². The molecule has 0 spiro atoms. The van der Waals surface area contributed by atoms with E-state index in [9.17, 15) is 0 Å². The number of benzene rings is 1. The van der Waals surface area contributed by atoms with Gasteiger partial charge in [-0.05, 0) is 26.0 Å². The van der Waals surface area contributed by atoms with Crippen molar-refractivity contribution in [2.24, 2.45) is 4.99 Å². The van der Waals surface area contributed by atoms with Crippen molar-refractivity contribution in [3.05, 3.63) is 52.2 Å². The first-order chi connectivity index (χ1) is 11.7. The maximum Gasteiger partial charge on any atom is 0.191 e. The summed E-state index contributed by atoms with van der Waals surface area (Å²) >= 11 is 1.69. The number of rotatable bonds is 6. The highest BCUT2D eigenvalue weighted by atomic mass is 127. The molecule has 3 aromatic rings. The van der Waals surface area contributed by atoms with E-state index in [1.54, 1.807) is 11.3 Å². The van der Waals surface area contributed by atoms with Crippen LogP contribution in [0.5, 0.6) is 0 Å². The number of aryl methyl sites for hydroxylation is 1. The molecule has 134 valence electrons. The fraction of sp³-hybridized carbons (Fsp3) is 0.333. The summed E-state index contributed by atoms with van der Waals surface area (Å²) in [5.74, 6) is 1.66. The second kappa shape index (κ2) is 9.76. The van der Waals surface area contributed by atoms with Crippen LogP contribution in [0.15, 0.2) is 45.1 Å². The Morgan fingerprint density at radius 3 is 2.84 bits per heavy atom. The fourth-order valence-corrected chi connectivity index (χ4v) is 3.09. The lowest BCUT2D eigenvalue weighted by Crippen LogP contribution is -2.38. The molecule has 2 aromatic heterocycles. The zero-order chi connectivity index (χ0) is 16.8. The summed E-state index contributed by atoms with van der Waals surface area (Å²) in [5, 5.41) is 10.9. The summed E-state index contributed by atoms with van der Waals surface area (Å²) in [7, 11) is 0. The van der Waals surface area contributed by atoms with E-state index in [4.69, 9.17) is 4.42 Å². The average Bonchev–Trinajstić information content (AvgIpc) is 3.18. The highest BCUT2D eigenvalue weighted by molar-refractivity contribution is 14.0. The number of furan rings is 1. The number of nitrogens with one attached hydrogen (secondary N) is 2. The van der Waals surface area contributed by atoms with Crippen LogP contribution in [0.4, 0.5) is 0 Å². The molecule has 0 aliphatic heterocycles. The number of hydrogen-bond acceptors (Lipinski definition) is 4. The molecule has 0 aliphatic rings. The van der Waals surface area contributed by atoms with Gasteiger partial charge in [-0.25, -0.2) is 9.98 Å². The Hall–Kier alpha value is -1.61. The zero-order valence-corrected chi connectivity index (χ0v) is 17.6. The molecular weight excluding hydrogens is 447 g/mol. The highest BCUT2D eigenvalue weighted by Gasteiger charge is 2.04. The second-order valence-corrected chi connectivity index (χ2v) is 6.54. The first-order valence-electron chi connectivity index (χ1n) is 8.15. The van der Waals surface area contributed by atoms with Crippen LogP contribution in [0.2, 0.25) is 0 Å². The Morgan fingerprint density at radius 1 is 1.28 bits per heavy atom. The van der Waals surface area contributed by atoms with Crippen LogP contribution in [0.1, 0.15) is 23.4 Å². The lowest BCUT2D eigenvalue weighted by molar-refractivity contribution is 0.551. The third-order valence-corrected chi connectivity index (χ3v) is 4.38. The maximum absolute atomic E-state index is 5.80. The maximum atomic E-state index is 5.80. The Balaban J connectivity index is 0.00000225. The largest absolute Gasteiger partial charge is 0.459 e. The van der Waals surface area contributed by atoms with Crippen molar-refractivity contribution in [1.29, 1.82) is 0 Å². The van der Waals surface area contributed by atoms with E-state index in [-0.39, 0.29) is 24.0 Å². The van der Waals surface area contributed by atoms with E-state index in [0.29, 0.717) is 6.54 Å². The Kier molecular flexibility index (Phi) is 7.70. The van der Waals surface area contributed by atoms with Gasteiger partial charge in [0.05, 0.1) is 10.7 Å². The monoisotopic (exact) mass is 470 g/mol. The van der Waals surface area contributed by atoms with Crippen molar-refractivity contribution in [2.45, 2.75) is 26.8 Å². The molecular formula is C18H23IN4OS. The Morgan fingerprint density at radius 2 is 2.12 bits per heavy atom. The number of hydrogen-bond donors (Lipinski definition) is 2. The average molecular weight is 470 g/mol. The summed E-state index contributed by atoms with van der Waals surface area (Å²) < 4.78 is 5.80. The van der Waals surface area contributed by atoms with Gasteiger partial charge in [-0.3, -0.25) is 0 Å². The predicted octanol–water partition coefficient (Wildman–Crippen LogP) is 4.11. The number of nitrogens with zero attached hydrogens (tertiary/aromatic N) is 2. The minimum Gasteiger partial charge on any atom is -0.459 e. The molecule has 0 fully saturated rings. The molecule has 0 aliphatic carbocycles. The van der Waals surface area contributed by atoms with Gasteiger partial charge in [0, 0.05) is 30.3 Å². The molecule has 0 saturated heterocycles. The van der Waals surface area contributed by atoms with E-state index < -0.39 is 0 Å². The number of halogens is 1. The lowest BCUT2D eigenvalue weighted by Gasteiger charge is -2.10. The Labute approximate surface area is 169 Å². The standard InChI is InChI=1S/C18H22N4OS.HI/c1-3-19-18(20-9-8-15-12-24-13(2)22-15)21-11-16-10-14-6-4-5-7-17(14)23-16;/h4-7,10,12H,3,8-9,11H2,1-2H3,(H2,19,20,21);1H. The molecule has 2 heterocycles. The lowest BCUT2D eigenvalue weighted by atomic mass is 10.2. The van der Waals surface area contributed by atoms with E-state index in [1.807, 2.05) is 37.3 Å². The molecule has 0 atom stereocenters. The zero-order valence-electron chi connectivity index (χ0n) is 14.4. The van der Waals surface area contributed by atoms with Crippen molar-refractivity contribution in [3.8, 4) is 0 Å². The van der Waals surface area contributed by atoms with Gasteiger partial charge in [0.15, 0.2) is 5.96 Å². The van der Waals surface area contributed by atoms with Crippen molar-refractivity contribution < 1.29 is 4.42 Å². The van der Waals surface area contributed by atoms with Crippen molar-refractivity contribution >= 4 is 52.2 Å². The summed E-state index contributed by atoms with van der Waals surface area (Å²) in [5.41, 5.74) is 2.03.